The van der Waals surface area contributed by atoms with Crippen molar-refractivity contribution >= 4 is 39.1 Å². The van der Waals surface area contributed by atoms with Crippen molar-refractivity contribution in [3.05, 3.63) is 161 Å². The summed E-state index contributed by atoms with van der Waals surface area (Å²) in [5.41, 5.74) is 4.60. The van der Waals surface area contributed by atoms with Crippen molar-refractivity contribution in [3.63, 3.8) is 0 Å². The molecule has 6 aromatic carbocycles. The van der Waals surface area contributed by atoms with Crippen LogP contribution in [0, 0.1) is 11.8 Å². The molecule has 0 fully saturated rings. The zero-order valence-corrected chi connectivity index (χ0v) is 21.5. The molecule has 0 radical (unpaired) electrons. The Bertz CT molecular complexity index is 1750. The van der Waals surface area contributed by atoms with E-state index in [1.807, 2.05) is 66.4 Å². The molecule has 38 heavy (non-hydrogen) atoms. The number of carbonyl (C=O) groups is 1. The van der Waals surface area contributed by atoms with E-state index in [1.165, 1.54) is 32.0 Å². The van der Waals surface area contributed by atoms with Crippen LogP contribution < -0.4 is 0 Å². The largest absolute Gasteiger partial charge is 0.289 e. The minimum Gasteiger partial charge on any atom is -0.289 e. The number of fused-ring (bicyclic) bond motifs is 2. The van der Waals surface area contributed by atoms with Crippen LogP contribution in [0.15, 0.2) is 138 Å². The standard InChI is InChI=1S/C36H24OS/c37-36(27-11-3-1-4-12-27)28-22-19-26(20-23-28)21-24-34-30-15-7-9-17-32(30)35(33-18-10-8-16-31(33)34)25-38-29-13-5-2-6-14-29/h1-20,22-23H,25H2. The summed E-state index contributed by atoms with van der Waals surface area (Å²) in [4.78, 5) is 14.0. The Balaban J connectivity index is 1.39. The van der Waals surface area contributed by atoms with Gasteiger partial charge in [-0.1, -0.05) is 109 Å². The molecule has 0 saturated heterocycles. The monoisotopic (exact) mass is 504 g/mol. The molecule has 0 N–H and O–H groups in total. The van der Waals surface area contributed by atoms with Gasteiger partial charge in [0.05, 0.1) is 0 Å². The summed E-state index contributed by atoms with van der Waals surface area (Å²) < 4.78 is 0. The Morgan fingerprint density at radius 3 is 1.63 bits per heavy atom. The first kappa shape index (κ1) is 23.8. The number of hydrogen-bond donors (Lipinski definition) is 0. The topological polar surface area (TPSA) is 17.1 Å². The third-order valence-electron chi connectivity index (χ3n) is 6.68. The Kier molecular flexibility index (Phi) is 6.77. The van der Waals surface area contributed by atoms with Gasteiger partial charge in [-0.2, -0.15) is 0 Å². The van der Waals surface area contributed by atoms with Gasteiger partial charge in [-0.3, -0.25) is 4.79 Å². The number of thioether (sulfide) groups is 1. The van der Waals surface area contributed by atoms with Crippen LogP contribution in [-0.4, -0.2) is 5.78 Å². The second-order valence-corrected chi connectivity index (χ2v) is 10.1. The quantitative estimate of drug-likeness (QED) is 0.101. The molecule has 0 spiro atoms. The van der Waals surface area contributed by atoms with Gasteiger partial charge in [0.15, 0.2) is 5.78 Å². The highest BCUT2D eigenvalue weighted by atomic mass is 32.2. The van der Waals surface area contributed by atoms with Crippen LogP contribution in [0.25, 0.3) is 21.5 Å². The third-order valence-corrected chi connectivity index (χ3v) is 7.72. The zero-order valence-electron chi connectivity index (χ0n) is 20.7. The molecule has 1 nitrogen and oxygen atoms in total. The van der Waals surface area contributed by atoms with Crippen LogP contribution in [0.5, 0.6) is 0 Å². The number of carbonyl (C=O) groups excluding carboxylic acids is 1. The molecule has 0 aromatic heterocycles. The second kappa shape index (κ2) is 10.8. The highest BCUT2D eigenvalue weighted by Gasteiger charge is 2.13. The highest BCUT2D eigenvalue weighted by Crippen LogP contribution is 2.36. The molecule has 0 aliphatic heterocycles. The SMILES string of the molecule is O=C(c1ccccc1)c1ccc(C#Cc2c3ccccc3c(CSc3ccccc3)c3ccccc23)cc1. The molecule has 180 valence electrons. The van der Waals surface area contributed by atoms with Gasteiger partial charge in [0.1, 0.15) is 0 Å². The fourth-order valence-corrected chi connectivity index (χ4v) is 5.75. The molecule has 6 rings (SSSR count). The van der Waals surface area contributed by atoms with E-state index in [0.717, 1.165) is 16.9 Å². The van der Waals surface area contributed by atoms with E-state index >= 15 is 0 Å². The van der Waals surface area contributed by atoms with E-state index in [4.69, 9.17) is 0 Å². The number of rotatable bonds is 5. The van der Waals surface area contributed by atoms with E-state index in [9.17, 15) is 4.79 Å². The van der Waals surface area contributed by atoms with Gasteiger partial charge in [0, 0.05) is 32.9 Å². The van der Waals surface area contributed by atoms with Gasteiger partial charge < -0.3 is 0 Å². The van der Waals surface area contributed by atoms with Crippen LogP contribution in [0.3, 0.4) is 0 Å². The molecule has 2 heteroatoms. The van der Waals surface area contributed by atoms with Crippen LogP contribution in [-0.2, 0) is 5.75 Å². The smallest absolute Gasteiger partial charge is 0.193 e. The lowest BCUT2D eigenvalue weighted by molar-refractivity contribution is 0.103. The lowest BCUT2D eigenvalue weighted by atomic mass is 9.92. The van der Waals surface area contributed by atoms with Crippen molar-refractivity contribution in [3.8, 4) is 11.8 Å². The van der Waals surface area contributed by atoms with E-state index in [2.05, 4.69) is 90.7 Å². The maximum Gasteiger partial charge on any atom is 0.193 e. The van der Waals surface area contributed by atoms with E-state index in [1.54, 1.807) is 0 Å². The molecule has 0 aliphatic carbocycles. The van der Waals surface area contributed by atoms with Gasteiger partial charge in [0.25, 0.3) is 0 Å². The summed E-state index contributed by atoms with van der Waals surface area (Å²) in [5.74, 6) is 7.75. The molecule has 0 heterocycles. The molecule has 6 aromatic rings. The van der Waals surface area contributed by atoms with Crippen molar-refractivity contribution in [1.29, 1.82) is 0 Å². The maximum absolute atomic E-state index is 12.8. The molecule has 0 saturated carbocycles. The summed E-state index contributed by atoms with van der Waals surface area (Å²) in [6.45, 7) is 0. The molecule has 0 bridgehead atoms. The normalized spacial score (nSPS) is 10.7. The molecule has 0 aliphatic rings. The molecule has 0 atom stereocenters. The summed E-state index contributed by atoms with van der Waals surface area (Å²) in [5, 5.41) is 4.81. The predicted molar refractivity (Wildman–Crippen MR) is 160 cm³/mol. The van der Waals surface area contributed by atoms with Crippen molar-refractivity contribution in [2.45, 2.75) is 10.6 Å². The van der Waals surface area contributed by atoms with Gasteiger partial charge >= 0.3 is 0 Å². The molecular formula is C36H24OS. The first-order valence-corrected chi connectivity index (χ1v) is 13.6. The van der Waals surface area contributed by atoms with Crippen molar-refractivity contribution in [2.24, 2.45) is 0 Å². The number of benzene rings is 6. The van der Waals surface area contributed by atoms with Crippen LogP contribution >= 0.6 is 11.8 Å². The van der Waals surface area contributed by atoms with E-state index in [-0.39, 0.29) is 5.78 Å². The fourth-order valence-electron chi connectivity index (χ4n) is 4.78. The average Bonchev–Trinajstić information content (AvgIpc) is 2.99. The van der Waals surface area contributed by atoms with E-state index < -0.39 is 0 Å². The second-order valence-electron chi connectivity index (χ2n) is 9.07. The van der Waals surface area contributed by atoms with E-state index in [0.29, 0.717) is 11.1 Å². The number of hydrogen-bond acceptors (Lipinski definition) is 2. The Labute approximate surface area is 227 Å². The number of ketones is 1. The minimum atomic E-state index is 0.0195. The maximum atomic E-state index is 12.8. The molecule has 0 amide bonds. The first-order chi connectivity index (χ1) is 18.8. The Hall–Kier alpha value is -4.58. The van der Waals surface area contributed by atoms with Gasteiger partial charge in [-0.25, -0.2) is 0 Å². The zero-order chi connectivity index (χ0) is 25.7. The van der Waals surface area contributed by atoms with Gasteiger partial charge in [-0.05, 0) is 63.5 Å². The summed E-state index contributed by atoms with van der Waals surface area (Å²) in [7, 11) is 0. The minimum absolute atomic E-state index is 0.0195. The summed E-state index contributed by atoms with van der Waals surface area (Å²) in [6, 6.07) is 44.6. The van der Waals surface area contributed by atoms with Crippen LogP contribution in [0.2, 0.25) is 0 Å². The molecular weight excluding hydrogens is 480 g/mol. The average molecular weight is 505 g/mol. The van der Waals surface area contributed by atoms with Crippen molar-refractivity contribution in [2.75, 3.05) is 0 Å². The predicted octanol–water partition coefficient (Wildman–Crippen LogP) is 8.92. The molecule has 0 unspecified atom stereocenters. The van der Waals surface area contributed by atoms with Crippen molar-refractivity contribution in [1.82, 2.24) is 0 Å². The fraction of sp³-hybridized carbons (Fsp3) is 0.0278. The van der Waals surface area contributed by atoms with Crippen LogP contribution in [0.4, 0.5) is 0 Å². The Morgan fingerprint density at radius 1 is 0.526 bits per heavy atom. The highest BCUT2D eigenvalue weighted by molar-refractivity contribution is 7.98. The van der Waals surface area contributed by atoms with Gasteiger partial charge in [0.2, 0.25) is 0 Å². The lowest BCUT2D eigenvalue weighted by Crippen LogP contribution is -2.00. The van der Waals surface area contributed by atoms with Crippen LogP contribution in [0.1, 0.15) is 32.6 Å². The van der Waals surface area contributed by atoms with Gasteiger partial charge in [-0.15, -0.1) is 11.8 Å². The summed E-state index contributed by atoms with van der Waals surface area (Å²) >= 11 is 1.86. The summed E-state index contributed by atoms with van der Waals surface area (Å²) in [6.07, 6.45) is 0. The first-order valence-electron chi connectivity index (χ1n) is 12.6. The lowest BCUT2D eigenvalue weighted by Gasteiger charge is -2.14. The van der Waals surface area contributed by atoms with Crippen molar-refractivity contribution < 1.29 is 4.79 Å². The third kappa shape index (κ3) is 4.85. The Morgan fingerprint density at radius 2 is 1.03 bits per heavy atom.